The summed E-state index contributed by atoms with van der Waals surface area (Å²) in [6.45, 7) is 4.13. The van der Waals surface area contributed by atoms with E-state index in [2.05, 4.69) is 35.2 Å². The SMILES string of the molecule is CC(C)C[C@@H](N)C(=O)Nc1ccc(-c2ccnc3[nH]c(C4CC4)cc23)cc1. The van der Waals surface area contributed by atoms with E-state index in [4.69, 9.17) is 5.73 Å². The fourth-order valence-corrected chi connectivity index (χ4v) is 3.50. The summed E-state index contributed by atoms with van der Waals surface area (Å²) < 4.78 is 0. The molecule has 5 nitrogen and oxygen atoms in total. The molecule has 0 bridgehead atoms. The Bertz CT molecular complexity index is 954. The number of nitrogens with one attached hydrogen (secondary N) is 2. The van der Waals surface area contributed by atoms with Gasteiger partial charge >= 0.3 is 0 Å². The minimum Gasteiger partial charge on any atom is -0.343 e. The Hall–Kier alpha value is -2.66. The van der Waals surface area contributed by atoms with Gasteiger partial charge in [0, 0.05) is 23.0 Å². The van der Waals surface area contributed by atoms with Crippen molar-refractivity contribution in [3.63, 3.8) is 0 Å². The third-order valence-electron chi connectivity index (χ3n) is 5.10. The first-order chi connectivity index (χ1) is 13.0. The zero-order valence-corrected chi connectivity index (χ0v) is 15.8. The quantitative estimate of drug-likeness (QED) is 0.607. The van der Waals surface area contributed by atoms with Gasteiger partial charge in [0.15, 0.2) is 0 Å². The lowest BCUT2D eigenvalue weighted by Gasteiger charge is -2.14. The van der Waals surface area contributed by atoms with Gasteiger partial charge in [-0.15, -0.1) is 0 Å². The predicted molar refractivity (Wildman–Crippen MR) is 110 cm³/mol. The van der Waals surface area contributed by atoms with Crippen molar-refractivity contribution in [1.82, 2.24) is 9.97 Å². The van der Waals surface area contributed by atoms with E-state index in [9.17, 15) is 4.79 Å². The van der Waals surface area contributed by atoms with E-state index < -0.39 is 6.04 Å². The van der Waals surface area contributed by atoms with Crippen molar-refractivity contribution in [1.29, 1.82) is 0 Å². The molecule has 0 saturated heterocycles. The van der Waals surface area contributed by atoms with Crippen LogP contribution in [-0.2, 0) is 4.79 Å². The number of rotatable bonds is 6. The number of nitrogens with zero attached hydrogens (tertiary/aromatic N) is 1. The monoisotopic (exact) mass is 362 g/mol. The van der Waals surface area contributed by atoms with Crippen LogP contribution in [0.15, 0.2) is 42.6 Å². The number of aromatic amines is 1. The normalized spacial score (nSPS) is 15.3. The molecule has 5 heteroatoms. The second kappa shape index (κ2) is 7.16. The average Bonchev–Trinajstić information content (AvgIpc) is 3.40. The van der Waals surface area contributed by atoms with Gasteiger partial charge in [-0.05, 0) is 66.5 Å². The maximum Gasteiger partial charge on any atom is 0.241 e. The fraction of sp³-hybridized carbons (Fsp3) is 0.364. The standard InChI is InChI=1S/C22H26N4O/c1-13(2)11-19(23)22(27)25-16-7-5-14(6-8-16)17-9-10-24-21-18(17)12-20(26-21)15-3-4-15/h5-10,12-13,15,19H,3-4,11,23H2,1-2H3,(H,24,26)(H,25,27)/t19-/m1/s1. The minimum absolute atomic E-state index is 0.137. The molecule has 0 radical (unpaired) electrons. The van der Waals surface area contributed by atoms with Crippen molar-refractivity contribution in [2.75, 3.05) is 5.32 Å². The Labute approximate surface area is 159 Å². The second-order valence-electron chi connectivity index (χ2n) is 7.92. The van der Waals surface area contributed by atoms with E-state index in [0.717, 1.165) is 27.8 Å². The third kappa shape index (κ3) is 3.88. The number of pyridine rings is 1. The number of carbonyl (C=O) groups excluding carboxylic acids is 1. The van der Waals surface area contributed by atoms with Gasteiger partial charge in [-0.25, -0.2) is 4.98 Å². The molecule has 1 aliphatic rings. The van der Waals surface area contributed by atoms with Crippen LogP contribution in [0.2, 0.25) is 0 Å². The molecule has 1 aromatic carbocycles. The van der Waals surface area contributed by atoms with Crippen LogP contribution >= 0.6 is 0 Å². The van der Waals surface area contributed by atoms with Gasteiger partial charge in [0.1, 0.15) is 5.65 Å². The minimum atomic E-state index is -0.481. The van der Waals surface area contributed by atoms with Gasteiger partial charge < -0.3 is 16.0 Å². The lowest BCUT2D eigenvalue weighted by atomic mass is 10.0. The van der Waals surface area contributed by atoms with E-state index in [1.54, 1.807) is 0 Å². The van der Waals surface area contributed by atoms with E-state index in [1.165, 1.54) is 18.5 Å². The summed E-state index contributed by atoms with van der Waals surface area (Å²) in [5.41, 5.74) is 11.2. The van der Waals surface area contributed by atoms with Crippen molar-refractivity contribution in [3.8, 4) is 11.1 Å². The molecule has 1 atom stereocenters. The molecule has 4 N–H and O–H groups in total. The smallest absolute Gasteiger partial charge is 0.241 e. The second-order valence-corrected chi connectivity index (χ2v) is 7.92. The van der Waals surface area contributed by atoms with Gasteiger partial charge in [-0.2, -0.15) is 0 Å². The van der Waals surface area contributed by atoms with Crippen LogP contribution in [0.5, 0.6) is 0 Å². The molecular weight excluding hydrogens is 336 g/mol. The number of hydrogen-bond acceptors (Lipinski definition) is 3. The number of hydrogen-bond donors (Lipinski definition) is 3. The Morgan fingerprint density at radius 2 is 2.00 bits per heavy atom. The summed E-state index contributed by atoms with van der Waals surface area (Å²) in [4.78, 5) is 20.1. The largest absolute Gasteiger partial charge is 0.343 e. The number of anilines is 1. The average molecular weight is 362 g/mol. The molecule has 2 heterocycles. The number of amides is 1. The lowest BCUT2D eigenvalue weighted by molar-refractivity contribution is -0.117. The molecule has 0 aliphatic heterocycles. The number of fused-ring (bicyclic) bond motifs is 1. The Morgan fingerprint density at radius 3 is 2.67 bits per heavy atom. The first-order valence-electron chi connectivity index (χ1n) is 9.66. The highest BCUT2D eigenvalue weighted by molar-refractivity contribution is 5.96. The van der Waals surface area contributed by atoms with Crippen LogP contribution in [0, 0.1) is 5.92 Å². The maximum absolute atomic E-state index is 12.2. The molecule has 1 saturated carbocycles. The Kier molecular flexibility index (Phi) is 4.70. The summed E-state index contributed by atoms with van der Waals surface area (Å²) >= 11 is 0. The number of carbonyl (C=O) groups is 1. The third-order valence-corrected chi connectivity index (χ3v) is 5.10. The fourth-order valence-electron chi connectivity index (χ4n) is 3.50. The molecule has 1 amide bonds. The molecule has 2 aromatic heterocycles. The predicted octanol–water partition coefficient (Wildman–Crippen LogP) is 4.42. The van der Waals surface area contributed by atoms with E-state index in [-0.39, 0.29) is 5.91 Å². The van der Waals surface area contributed by atoms with E-state index in [0.29, 0.717) is 18.3 Å². The molecule has 1 aliphatic carbocycles. The van der Waals surface area contributed by atoms with Crippen LogP contribution in [-0.4, -0.2) is 21.9 Å². The molecule has 3 aromatic rings. The molecule has 1 fully saturated rings. The van der Waals surface area contributed by atoms with Gasteiger partial charge in [0.2, 0.25) is 5.91 Å². The van der Waals surface area contributed by atoms with Crippen LogP contribution in [0.25, 0.3) is 22.2 Å². The van der Waals surface area contributed by atoms with Crippen LogP contribution in [0.3, 0.4) is 0 Å². The zero-order chi connectivity index (χ0) is 19.0. The first-order valence-corrected chi connectivity index (χ1v) is 9.66. The Morgan fingerprint density at radius 1 is 1.26 bits per heavy atom. The Balaban J connectivity index is 1.54. The first kappa shape index (κ1) is 17.7. The molecule has 0 unspecified atom stereocenters. The summed E-state index contributed by atoms with van der Waals surface area (Å²) in [5.74, 6) is 0.922. The van der Waals surface area contributed by atoms with Crippen molar-refractivity contribution in [3.05, 3.63) is 48.3 Å². The van der Waals surface area contributed by atoms with Gasteiger partial charge in [-0.3, -0.25) is 4.79 Å². The summed E-state index contributed by atoms with van der Waals surface area (Å²) in [5, 5.41) is 4.06. The van der Waals surface area contributed by atoms with Crippen LogP contribution in [0.4, 0.5) is 5.69 Å². The molecule has 140 valence electrons. The van der Waals surface area contributed by atoms with Crippen molar-refractivity contribution < 1.29 is 4.79 Å². The van der Waals surface area contributed by atoms with Crippen molar-refractivity contribution in [2.24, 2.45) is 11.7 Å². The molecule has 0 spiro atoms. The number of nitrogens with two attached hydrogens (primary N) is 1. The van der Waals surface area contributed by atoms with Crippen LogP contribution < -0.4 is 11.1 Å². The van der Waals surface area contributed by atoms with E-state index in [1.807, 2.05) is 36.5 Å². The highest BCUT2D eigenvalue weighted by Crippen LogP contribution is 2.41. The highest BCUT2D eigenvalue weighted by atomic mass is 16.2. The number of benzene rings is 1. The topological polar surface area (TPSA) is 83.8 Å². The van der Waals surface area contributed by atoms with Crippen molar-refractivity contribution >= 4 is 22.6 Å². The van der Waals surface area contributed by atoms with Crippen molar-refractivity contribution in [2.45, 2.75) is 45.1 Å². The summed E-state index contributed by atoms with van der Waals surface area (Å²) in [6, 6.07) is 11.7. The van der Waals surface area contributed by atoms with Crippen LogP contribution in [0.1, 0.15) is 44.7 Å². The van der Waals surface area contributed by atoms with E-state index >= 15 is 0 Å². The van der Waals surface area contributed by atoms with Gasteiger partial charge in [-0.1, -0.05) is 26.0 Å². The maximum atomic E-state index is 12.2. The summed E-state index contributed by atoms with van der Waals surface area (Å²) in [7, 11) is 0. The van der Waals surface area contributed by atoms with Gasteiger partial charge in [0.05, 0.1) is 6.04 Å². The summed E-state index contributed by atoms with van der Waals surface area (Å²) in [6.07, 6.45) is 5.03. The lowest BCUT2D eigenvalue weighted by Crippen LogP contribution is -2.36. The number of H-pyrrole nitrogens is 1. The van der Waals surface area contributed by atoms with Gasteiger partial charge in [0.25, 0.3) is 0 Å². The zero-order valence-electron chi connectivity index (χ0n) is 15.8. The number of aromatic nitrogens is 2. The molecular formula is C22H26N4O. The highest BCUT2D eigenvalue weighted by Gasteiger charge is 2.25. The molecule has 27 heavy (non-hydrogen) atoms. The molecule has 4 rings (SSSR count).